The summed E-state index contributed by atoms with van der Waals surface area (Å²) in [7, 11) is 0. The van der Waals surface area contributed by atoms with Crippen LogP contribution in [0.1, 0.15) is 5.56 Å². The second-order valence-electron chi connectivity index (χ2n) is 5.77. The molecule has 0 unspecified atom stereocenters. The number of oxazole rings is 1. The van der Waals surface area contributed by atoms with Crippen molar-refractivity contribution in [2.45, 2.75) is 6.18 Å². The zero-order valence-electron chi connectivity index (χ0n) is 13.2. The predicted molar refractivity (Wildman–Crippen MR) is 94.9 cm³/mol. The normalized spacial score (nSPS) is 11.8. The molecule has 0 aliphatic rings. The molecule has 0 saturated carbocycles. The molecule has 1 aromatic heterocycles. The third-order valence-electron chi connectivity index (χ3n) is 3.98. The molecule has 6 heteroatoms. The van der Waals surface area contributed by atoms with Gasteiger partial charge in [0.15, 0.2) is 5.58 Å². The van der Waals surface area contributed by atoms with Crippen LogP contribution in [-0.2, 0) is 6.18 Å². The van der Waals surface area contributed by atoms with Gasteiger partial charge in [0.2, 0.25) is 5.89 Å². The summed E-state index contributed by atoms with van der Waals surface area (Å²) in [4.78, 5) is 4.43. The summed E-state index contributed by atoms with van der Waals surface area (Å²) in [5.74, 6) is 0.385. The average Bonchev–Trinajstić information content (AvgIpc) is 3.05. The molecule has 26 heavy (non-hydrogen) atoms. The fourth-order valence-corrected chi connectivity index (χ4v) is 2.99. The summed E-state index contributed by atoms with van der Waals surface area (Å²) in [6, 6.07) is 17.5. The number of hydrogen-bond acceptors (Lipinski definition) is 2. The number of aromatic nitrogens is 1. The second kappa shape index (κ2) is 6.18. The summed E-state index contributed by atoms with van der Waals surface area (Å²) in [6.45, 7) is 0. The molecule has 0 bridgehead atoms. The largest absolute Gasteiger partial charge is 0.435 e. The summed E-state index contributed by atoms with van der Waals surface area (Å²) in [5, 5.41) is 0.373. The number of halogens is 4. The molecule has 0 amide bonds. The standard InChI is InChI=1S/C20H11ClF3NO/c21-15-10-16(13-7-4-8-14(9-13)20(22,23)24)18-17(11-15)25-19(26-18)12-5-2-1-3-6-12/h1-11H. The number of nitrogens with zero attached hydrogens (tertiary/aromatic N) is 1. The molecule has 3 aromatic carbocycles. The lowest BCUT2D eigenvalue weighted by Gasteiger charge is -2.09. The number of benzene rings is 3. The number of hydrogen-bond donors (Lipinski definition) is 0. The second-order valence-corrected chi connectivity index (χ2v) is 6.20. The molecule has 0 atom stereocenters. The van der Waals surface area contributed by atoms with Crippen molar-refractivity contribution in [3.63, 3.8) is 0 Å². The van der Waals surface area contributed by atoms with Crippen LogP contribution in [0.25, 0.3) is 33.7 Å². The van der Waals surface area contributed by atoms with Crippen molar-refractivity contribution >= 4 is 22.7 Å². The Balaban J connectivity index is 1.92. The molecule has 4 rings (SSSR count). The Morgan fingerprint density at radius 2 is 1.58 bits per heavy atom. The Labute approximate surface area is 151 Å². The van der Waals surface area contributed by atoms with Crippen LogP contribution in [0, 0.1) is 0 Å². The van der Waals surface area contributed by atoms with E-state index >= 15 is 0 Å². The van der Waals surface area contributed by atoms with Crippen LogP contribution in [0.3, 0.4) is 0 Å². The van der Waals surface area contributed by atoms with Crippen LogP contribution in [0.5, 0.6) is 0 Å². The van der Waals surface area contributed by atoms with E-state index in [0.29, 0.717) is 33.1 Å². The van der Waals surface area contributed by atoms with Gasteiger partial charge in [-0.3, -0.25) is 0 Å². The van der Waals surface area contributed by atoms with Crippen LogP contribution < -0.4 is 0 Å². The monoisotopic (exact) mass is 373 g/mol. The maximum atomic E-state index is 13.0. The number of fused-ring (bicyclic) bond motifs is 1. The summed E-state index contributed by atoms with van der Waals surface area (Å²) >= 11 is 6.15. The summed E-state index contributed by atoms with van der Waals surface area (Å²) in [5.41, 5.74) is 1.76. The topological polar surface area (TPSA) is 26.0 Å². The minimum Gasteiger partial charge on any atom is -0.435 e. The van der Waals surface area contributed by atoms with E-state index in [1.165, 1.54) is 6.07 Å². The molecule has 0 aliphatic heterocycles. The molecule has 0 saturated heterocycles. The van der Waals surface area contributed by atoms with E-state index < -0.39 is 11.7 Å². The van der Waals surface area contributed by atoms with E-state index in [2.05, 4.69) is 4.98 Å². The zero-order chi connectivity index (χ0) is 18.3. The Hall–Kier alpha value is -2.79. The SMILES string of the molecule is FC(F)(F)c1cccc(-c2cc(Cl)cc3nc(-c4ccccc4)oc23)c1. The lowest BCUT2D eigenvalue weighted by molar-refractivity contribution is -0.137. The van der Waals surface area contributed by atoms with Crippen LogP contribution in [0.4, 0.5) is 13.2 Å². The maximum absolute atomic E-state index is 13.0. The average molecular weight is 374 g/mol. The molecule has 0 N–H and O–H groups in total. The fourth-order valence-electron chi connectivity index (χ4n) is 2.78. The smallest absolute Gasteiger partial charge is 0.416 e. The molecule has 1 heterocycles. The van der Waals surface area contributed by atoms with Crippen molar-refractivity contribution in [3.8, 4) is 22.6 Å². The first-order valence-corrected chi connectivity index (χ1v) is 8.13. The zero-order valence-corrected chi connectivity index (χ0v) is 14.0. The van der Waals surface area contributed by atoms with Gasteiger partial charge in [-0.2, -0.15) is 13.2 Å². The van der Waals surface area contributed by atoms with Gasteiger partial charge in [0.1, 0.15) is 5.52 Å². The Morgan fingerprint density at radius 1 is 0.846 bits per heavy atom. The quantitative estimate of drug-likeness (QED) is 0.384. The fraction of sp³-hybridized carbons (Fsp3) is 0.0500. The molecule has 0 aliphatic carbocycles. The van der Waals surface area contributed by atoms with E-state index in [1.54, 1.807) is 18.2 Å². The Kier molecular flexibility index (Phi) is 3.96. The highest BCUT2D eigenvalue weighted by atomic mass is 35.5. The first kappa shape index (κ1) is 16.7. The first-order chi connectivity index (χ1) is 12.4. The van der Waals surface area contributed by atoms with E-state index in [-0.39, 0.29) is 0 Å². The highest BCUT2D eigenvalue weighted by Crippen LogP contribution is 2.37. The van der Waals surface area contributed by atoms with Crippen LogP contribution in [0.15, 0.2) is 71.1 Å². The number of alkyl halides is 3. The lowest BCUT2D eigenvalue weighted by atomic mass is 10.0. The molecule has 2 nitrogen and oxygen atoms in total. The van der Waals surface area contributed by atoms with Crippen molar-refractivity contribution in [3.05, 3.63) is 77.3 Å². The Morgan fingerprint density at radius 3 is 2.31 bits per heavy atom. The van der Waals surface area contributed by atoms with Gasteiger partial charge in [-0.15, -0.1) is 0 Å². The van der Waals surface area contributed by atoms with Gasteiger partial charge in [-0.05, 0) is 42.0 Å². The molecule has 130 valence electrons. The van der Waals surface area contributed by atoms with Gasteiger partial charge in [0, 0.05) is 16.1 Å². The molecule has 0 radical (unpaired) electrons. The minimum atomic E-state index is -4.43. The lowest BCUT2D eigenvalue weighted by Crippen LogP contribution is -2.04. The van der Waals surface area contributed by atoms with E-state index in [1.807, 2.05) is 30.3 Å². The van der Waals surface area contributed by atoms with Crippen molar-refractivity contribution < 1.29 is 17.6 Å². The predicted octanol–water partition coefficient (Wildman–Crippen LogP) is 6.83. The Bertz CT molecular complexity index is 1090. The van der Waals surface area contributed by atoms with Gasteiger partial charge < -0.3 is 4.42 Å². The van der Waals surface area contributed by atoms with Crippen LogP contribution in [0.2, 0.25) is 5.02 Å². The molecule has 0 spiro atoms. The van der Waals surface area contributed by atoms with Crippen LogP contribution in [-0.4, -0.2) is 4.98 Å². The molecule has 0 fully saturated rings. The van der Waals surface area contributed by atoms with Gasteiger partial charge in [-0.1, -0.05) is 41.9 Å². The van der Waals surface area contributed by atoms with Crippen molar-refractivity contribution in [1.82, 2.24) is 4.98 Å². The summed E-state index contributed by atoms with van der Waals surface area (Å²) < 4.78 is 45.0. The minimum absolute atomic E-state index is 0.364. The van der Waals surface area contributed by atoms with E-state index in [4.69, 9.17) is 16.0 Å². The highest BCUT2D eigenvalue weighted by molar-refractivity contribution is 6.31. The number of rotatable bonds is 2. The first-order valence-electron chi connectivity index (χ1n) is 7.75. The van der Waals surface area contributed by atoms with Gasteiger partial charge in [0.05, 0.1) is 5.56 Å². The van der Waals surface area contributed by atoms with Crippen LogP contribution >= 0.6 is 11.6 Å². The molecular weight excluding hydrogens is 363 g/mol. The van der Waals surface area contributed by atoms with Crippen molar-refractivity contribution in [2.24, 2.45) is 0 Å². The molecular formula is C20H11ClF3NO. The highest BCUT2D eigenvalue weighted by Gasteiger charge is 2.30. The molecule has 4 aromatic rings. The van der Waals surface area contributed by atoms with Gasteiger partial charge >= 0.3 is 6.18 Å². The maximum Gasteiger partial charge on any atom is 0.416 e. The van der Waals surface area contributed by atoms with E-state index in [9.17, 15) is 13.2 Å². The van der Waals surface area contributed by atoms with E-state index in [0.717, 1.165) is 17.7 Å². The van der Waals surface area contributed by atoms with Crippen molar-refractivity contribution in [2.75, 3.05) is 0 Å². The van der Waals surface area contributed by atoms with Gasteiger partial charge in [0.25, 0.3) is 0 Å². The van der Waals surface area contributed by atoms with Crippen molar-refractivity contribution in [1.29, 1.82) is 0 Å². The summed E-state index contributed by atoms with van der Waals surface area (Å²) in [6.07, 6.45) is -4.43. The third kappa shape index (κ3) is 3.06. The third-order valence-corrected chi connectivity index (χ3v) is 4.19. The van der Waals surface area contributed by atoms with Gasteiger partial charge in [-0.25, -0.2) is 4.98 Å².